The Hall–Kier alpha value is -0.960. The molecule has 0 spiro atoms. The molecule has 0 N–H and O–H groups in total. The van der Waals surface area contributed by atoms with Crippen molar-refractivity contribution >= 4 is 17.7 Å². The zero-order valence-corrected chi connectivity index (χ0v) is 11.7. The van der Waals surface area contributed by atoms with Gasteiger partial charge in [0.05, 0.1) is 6.61 Å². The summed E-state index contributed by atoms with van der Waals surface area (Å²) in [7, 11) is 0. The van der Waals surface area contributed by atoms with E-state index in [1.807, 2.05) is 18.7 Å². The fourth-order valence-corrected chi connectivity index (χ4v) is 3.19. The van der Waals surface area contributed by atoms with E-state index in [-0.39, 0.29) is 5.97 Å². The molecule has 0 heterocycles. The van der Waals surface area contributed by atoms with Crippen molar-refractivity contribution in [3.05, 3.63) is 29.3 Å². The Morgan fingerprint density at radius 2 is 2.17 bits per heavy atom. The van der Waals surface area contributed by atoms with Gasteiger partial charge >= 0.3 is 5.97 Å². The van der Waals surface area contributed by atoms with Gasteiger partial charge in [-0.2, -0.15) is 0 Å². The number of benzene rings is 1. The van der Waals surface area contributed by atoms with Gasteiger partial charge < -0.3 is 4.74 Å². The summed E-state index contributed by atoms with van der Waals surface area (Å²) in [5.41, 5.74) is 3.04. The molecule has 0 atom stereocenters. The Balaban J connectivity index is 1.72. The van der Waals surface area contributed by atoms with Crippen LogP contribution in [0.5, 0.6) is 0 Å². The molecule has 2 nitrogen and oxygen atoms in total. The molecule has 0 radical (unpaired) electrons. The second-order valence-electron chi connectivity index (χ2n) is 4.54. The fourth-order valence-electron chi connectivity index (χ4n) is 2.28. The van der Waals surface area contributed by atoms with Crippen LogP contribution in [0.2, 0.25) is 0 Å². The van der Waals surface area contributed by atoms with E-state index in [1.54, 1.807) is 0 Å². The third-order valence-electron chi connectivity index (χ3n) is 3.17. The number of fused-ring (bicyclic) bond motifs is 1. The monoisotopic (exact) mass is 264 g/mol. The van der Waals surface area contributed by atoms with Gasteiger partial charge in [0.15, 0.2) is 0 Å². The van der Waals surface area contributed by atoms with E-state index in [0.717, 1.165) is 12.2 Å². The molecule has 0 aromatic heterocycles. The van der Waals surface area contributed by atoms with Crippen LogP contribution in [0.3, 0.4) is 0 Å². The molecule has 0 amide bonds. The van der Waals surface area contributed by atoms with Crippen LogP contribution in [0.25, 0.3) is 0 Å². The summed E-state index contributed by atoms with van der Waals surface area (Å²) in [6, 6.07) is 6.78. The first kappa shape index (κ1) is 13.5. The molecule has 1 aromatic carbocycles. The Labute approximate surface area is 113 Å². The highest BCUT2D eigenvalue weighted by Gasteiger charge is 2.10. The van der Waals surface area contributed by atoms with Crippen molar-refractivity contribution in [2.24, 2.45) is 0 Å². The summed E-state index contributed by atoms with van der Waals surface area (Å²) in [6.45, 7) is 2.33. The SMILES string of the molecule is CCOC(=O)CCCSc1ccc2c(c1)CCC2. The normalized spacial score (nSPS) is 13.4. The minimum absolute atomic E-state index is 0.0768. The summed E-state index contributed by atoms with van der Waals surface area (Å²) in [4.78, 5) is 12.5. The third kappa shape index (κ3) is 3.77. The predicted octanol–water partition coefficient (Wildman–Crippen LogP) is 3.61. The van der Waals surface area contributed by atoms with Crippen molar-refractivity contribution in [2.75, 3.05) is 12.4 Å². The second-order valence-corrected chi connectivity index (χ2v) is 5.71. The van der Waals surface area contributed by atoms with E-state index < -0.39 is 0 Å². The minimum atomic E-state index is -0.0768. The number of aryl methyl sites for hydroxylation is 2. The number of rotatable bonds is 6. The van der Waals surface area contributed by atoms with Crippen LogP contribution >= 0.6 is 11.8 Å². The average Bonchev–Trinajstić information content (AvgIpc) is 2.82. The maximum Gasteiger partial charge on any atom is 0.305 e. The molecule has 1 aromatic rings. The summed E-state index contributed by atoms with van der Waals surface area (Å²) >= 11 is 1.84. The van der Waals surface area contributed by atoms with E-state index in [2.05, 4.69) is 18.2 Å². The van der Waals surface area contributed by atoms with Crippen LogP contribution in [0.15, 0.2) is 23.1 Å². The van der Waals surface area contributed by atoms with E-state index in [1.165, 1.54) is 35.3 Å². The molecule has 1 aliphatic carbocycles. The second kappa shape index (κ2) is 6.83. The lowest BCUT2D eigenvalue weighted by atomic mass is 10.1. The average molecular weight is 264 g/mol. The molecule has 2 rings (SSSR count). The minimum Gasteiger partial charge on any atom is -0.466 e. The van der Waals surface area contributed by atoms with Gasteiger partial charge in [-0.05, 0) is 61.6 Å². The Morgan fingerprint density at radius 1 is 1.33 bits per heavy atom. The van der Waals surface area contributed by atoms with Crippen molar-refractivity contribution < 1.29 is 9.53 Å². The molecule has 98 valence electrons. The third-order valence-corrected chi connectivity index (χ3v) is 4.25. The molecular formula is C15H20O2S. The van der Waals surface area contributed by atoms with Crippen molar-refractivity contribution in [3.63, 3.8) is 0 Å². The zero-order chi connectivity index (χ0) is 12.8. The van der Waals surface area contributed by atoms with E-state index >= 15 is 0 Å². The van der Waals surface area contributed by atoms with Crippen LogP contribution in [0.1, 0.15) is 37.3 Å². The molecule has 0 fully saturated rings. The first-order valence-corrected chi connectivity index (χ1v) is 7.68. The van der Waals surface area contributed by atoms with Gasteiger partial charge in [-0.25, -0.2) is 0 Å². The molecular weight excluding hydrogens is 244 g/mol. The first-order valence-electron chi connectivity index (χ1n) is 6.70. The first-order chi connectivity index (χ1) is 8.79. The molecule has 18 heavy (non-hydrogen) atoms. The lowest BCUT2D eigenvalue weighted by Gasteiger charge is -2.05. The van der Waals surface area contributed by atoms with Crippen molar-refractivity contribution in [3.8, 4) is 0 Å². The largest absolute Gasteiger partial charge is 0.466 e. The van der Waals surface area contributed by atoms with Gasteiger partial charge in [0.1, 0.15) is 0 Å². The molecule has 0 saturated heterocycles. The molecule has 0 bridgehead atoms. The van der Waals surface area contributed by atoms with E-state index in [4.69, 9.17) is 4.74 Å². The molecule has 3 heteroatoms. The van der Waals surface area contributed by atoms with Crippen LogP contribution in [-0.2, 0) is 22.4 Å². The predicted molar refractivity (Wildman–Crippen MR) is 75.1 cm³/mol. The molecule has 0 saturated carbocycles. The molecule has 1 aliphatic rings. The number of carbonyl (C=O) groups is 1. The maximum atomic E-state index is 11.2. The lowest BCUT2D eigenvalue weighted by molar-refractivity contribution is -0.143. The number of carbonyl (C=O) groups excluding carboxylic acids is 1. The topological polar surface area (TPSA) is 26.3 Å². The summed E-state index contributed by atoms with van der Waals surface area (Å²) < 4.78 is 4.91. The maximum absolute atomic E-state index is 11.2. The number of hydrogen-bond donors (Lipinski definition) is 0. The Kier molecular flexibility index (Phi) is 5.12. The zero-order valence-electron chi connectivity index (χ0n) is 10.9. The molecule has 0 unspecified atom stereocenters. The quantitative estimate of drug-likeness (QED) is 0.446. The number of ether oxygens (including phenoxy) is 1. The Morgan fingerprint density at radius 3 is 3.00 bits per heavy atom. The van der Waals surface area contributed by atoms with Gasteiger partial charge in [-0.1, -0.05) is 6.07 Å². The van der Waals surface area contributed by atoms with Crippen LogP contribution in [0, 0.1) is 0 Å². The smallest absolute Gasteiger partial charge is 0.305 e. The summed E-state index contributed by atoms with van der Waals surface area (Å²) in [5.74, 6) is 0.907. The van der Waals surface area contributed by atoms with E-state index in [0.29, 0.717) is 13.0 Å². The van der Waals surface area contributed by atoms with Gasteiger partial charge in [0.2, 0.25) is 0 Å². The highest BCUT2D eigenvalue weighted by atomic mass is 32.2. The van der Waals surface area contributed by atoms with Gasteiger partial charge in [-0.15, -0.1) is 11.8 Å². The molecule has 0 aliphatic heterocycles. The number of hydrogen-bond acceptors (Lipinski definition) is 3. The summed E-state index contributed by atoms with van der Waals surface area (Å²) in [6.07, 6.45) is 5.19. The Bertz CT molecular complexity index is 415. The lowest BCUT2D eigenvalue weighted by Crippen LogP contribution is -2.03. The van der Waals surface area contributed by atoms with Crippen LogP contribution in [0.4, 0.5) is 0 Å². The van der Waals surface area contributed by atoms with Gasteiger partial charge in [0, 0.05) is 11.3 Å². The number of thioether (sulfide) groups is 1. The number of esters is 1. The van der Waals surface area contributed by atoms with Crippen molar-refractivity contribution in [1.82, 2.24) is 0 Å². The van der Waals surface area contributed by atoms with Crippen LogP contribution in [-0.4, -0.2) is 18.3 Å². The van der Waals surface area contributed by atoms with E-state index in [9.17, 15) is 4.79 Å². The van der Waals surface area contributed by atoms with Crippen molar-refractivity contribution in [2.45, 2.75) is 43.9 Å². The fraction of sp³-hybridized carbons (Fsp3) is 0.533. The van der Waals surface area contributed by atoms with Crippen molar-refractivity contribution in [1.29, 1.82) is 0 Å². The van der Waals surface area contributed by atoms with Gasteiger partial charge in [-0.3, -0.25) is 4.79 Å². The standard InChI is InChI=1S/C15H20O2S/c1-2-17-15(16)7-4-10-18-14-9-8-12-5-3-6-13(12)11-14/h8-9,11H,2-7,10H2,1H3. The van der Waals surface area contributed by atoms with Gasteiger partial charge in [0.25, 0.3) is 0 Å². The van der Waals surface area contributed by atoms with Crippen LogP contribution < -0.4 is 0 Å². The highest BCUT2D eigenvalue weighted by molar-refractivity contribution is 7.99. The summed E-state index contributed by atoms with van der Waals surface area (Å²) in [5, 5.41) is 0. The highest BCUT2D eigenvalue weighted by Crippen LogP contribution is 2.27.